The summed E-state index contributed by atoms with van der Waals surface area (Å²) in [5, 5.41) is 8.40. The van der Waals surface area contributed by atoms with Crippen molar-refractivity contribution in [3.8, 4) is 5.75 Å². The van der Waals surface area contributed by atoms with Crippen LogP contribution in [0.4, 0.5) is 11.4 Å². The van der Waals surface area contributed by atoms with Crippen molar-refractivity contribution in [1.82, 2.24) is 0 Å². The zero-order valence-corrected chi connectivity index (χ0v) is 16.4. The predicted octanol–water partition coefficient (Wildman–Crippen LogP) is 7.14. The van der Waals surface area contributed by atoms with Gasteiger partial charge in [0.1, 0.15) is 5.75 Å². The molecule has 0 aromatic heterocycles. The molecule has 4 heteroatoms. The van der Waals surface area contributed by atoms with Crippen molar-refractivity contribution in [2.75, 3.05) is 0 Å². The summed E-state index contributed by atoms with van der Waals surface area (Å²) in [6, 6.07) is 22.4. The molecule has 0 radical (unpaired) electrons. The molecule has 0 amide bonds. The molecule has 28 heavy (non-hydrogen) atoms. The molecule has 0 aliphatic carbocycles. The molecule has 4 nitrogen and oxygen atoms in total. The highest BCUT2D eigenvalue weighted by atomic mass is 16.5. The Morgan fingerprint density at radius 1 is 0.857 bits per heavy atom. The van der Waals surface area contributed by atoms with E-state index in [2.05, 4.69) is 24.1 Å². The molecule has 3 aromatic rings. The predicted molar refractivity (Wildman–Crippen MR) is 112 cm³/mol. The topological polar surface area (TPSA) is 51.0 Å². The van der Waals surface area contributed by atoms with Gasteiger partial charge in [0, 0.05) is 0 Å². The van der Waals surface area contributed by atoms with Crippen LogP contribution in [0, 0.1) is 6.92 Å². The SMILES string of the molecule is CCC(C)c1ccc(OC(=O)c2ccc(N=Nc3ccc(C)cc3)cc2)cc1. The smallest absolute Gasteiger partial charge is 0.343 e. The van der Waals surface area contributed by atoms with Gasteiger partial charge < -0.3 is 4.74 Å². The van der Waals surface area contributed by atoms with E-state index in [0.29, 0.717) is 22.9 Å². The van der Waals surface area contributed by atoms with Gasteiger partial charge in [0.15, 0.2) is 0 Å². The molecule has 0 fully saturated rings. The van der Waals surface area contributed by atoms with E-state index in [1.54, 1.807) is 24.3 Å². The summed E-state index contributed by atoms with van der Waals surface area (Å²) in [7, 11) is 0. The summed E-state index contributed by atoms with van der Waals surface area (Å²) in [5.41, 5.74) is 4.35. The molecule has 3 aromatic carbocycles. The van der Waals surface area contributed by atoms with E-state index in [9.17, 15) is 4.79 Å². The highest BCUT2D eigenvalue weighted by molar-refractivity contribution is 5.91. The number of aryl methyl sites for hydroxylation is 1. The highest BCUT2D eigenvalue weighted by Gasteiger charge is 2.09. The normalized spacial score (nSPS) is 12.1. The Hall–Kier alpha value is -3.27. The van der Waals surface area contributed by atoms with Gasteiger partial charge in [-0.05, 0) is 73.4 Å². The number of ether oxygens (including phenoxy) is 1. The number of azo groups is 1. The lowest BCUT2D eigenvalue weighted by molar-refractivity contribution is 0.0735. The van der Waals surface area contributed by atoms with Gasteiger partial charge in [-0.1, -0.05) is 43.7 Å². The third kappa shape index (κ3) is 5.13. The maximum atomic E-state index is 12.3. The molecule has 0 N–H and O–H groups in total. The summed E-state index contributed by atoms with van der Waals surface area (Å²) in [6.07, 6.45) is 1.08. The van der Waals surface area contributed by atoms with Crippen LogP contribution in [0.2, 0.25) is 0 Å². The molecule has 0 saturated heterocycles. The first kappa shape index (κ1) is 19.5. The van der Waals surface area contributed by atoms with Gasteiger partial charge in [-0.25, -0.2) is 4.79 Å². The van der Waals surface area contributed by atoms with E-state index in [1.807, 2.05) is 55.5 Å². The lowest BCUT2D eigenvalue weighted by Crippen LogP contribution is -2.08. The van der Waals surface area contributed by atoms with Crippen LogP contribution >= 0.6 is 0 Å². The van der Waals surface area contributed by atoms with E-state index < -0.39 is 5.97 Å². The van der Waals surface area contributed by atoms with Gasteiger partial charge in [0.2, 0.25) is 0 Å². The molecule has 0 aliphatic heterocycles. The Bertz CT molecular complexity index is 943. The minimum absolute atomic E-state index is 0.390. The minimum atomic E-state index is -0.390. The highest BCUT2D eigenvalue weighted by Crippen LogP contribution is 2.23. The molecule has 0 aliphatic rings. The van der Waals surface area contributed by atoms with Crippen LogP contribution in [-0.4, -0.2) is 5.97 Å². The Morgan fingerprint density at radius 2 is 1.39 bits per heavy atom. The number of carbonyl (C=O) groups is 1. The average molecular weight is 372 g/mol. The first-order valence-electron chi connectivity index (χ1n) is 9.46. The molecule has 1 atom stereocenters. The van der Waals surface area contributed by atoms with Crippen molar-refractivity contribution in [3.05, 3.63) is 89.5 Å². The zero-order valence-electron chi connectivity index (χ0n) is 16.4. The fourth-order valence-electron chi connectivity index (χ4n) is 2.66. The fraction of sp³-hybridized carbons (Fsp3) is 0.208. The van der Waals surface area contributed by atoms with Gasteiger partial charge in [-0.15, -0.1) is 0 Å². The van der Waals surface area contributed by atoms with Gasteiger partial charge in [-0.2, -0.15) is 10.2 Å². The first-order chi connectivity index (χ1) is 13.5. The van der Waals surface area contributed by atoms with E-state index in [1.165, 1.54) is 11.1 Å². The third-order valence-electron chi connectivity index (χ3n) is 4.69. The van der Waals surface area contributed by atoms with Crippen molar-refractivity contribution < 1.29 is 9.53 Å². The summed E-state index contributed by atoms with van der Waals surface area (Å²) in [4.78, 5) is 12.3. The molecule has 0 bridgehead atoms. The number of rotatable bonds is 6. The second-order valence-electron chi connectivity index (χ2n) is 6.85. The van der Waals surface area contributed by atoms with E-state index in [0.717, 1.165) is 12.1 Å². The quantitative estimate of drug-likeness (QED) is 0.262. The average Bonchev–Trinajstić information content (AvgIpc) is 2.73. The summed E-state index contributed by atoms with van der Waals surface area (Å²) in [6.45, 7) is 6.36. The van der Waals surface area contributed by atoms with Crippen molar-refractivity contribution >= 4 is 17.3 Å². The first-order valence-corrected chi connectivity index (χ1v) is 9.46. The molecular weight excluding hydrogens is 348 g/mol. The number of benzene rings is 3. The van der Waals surface area contributed by atoms with Crippen LogP contribution in [0.1, 0.15) is 47.7 Å². The van der Waals surface area contributed by atoms with Crippen LogP contribution in [0.15, 0.2) is 83.0 Å². The van der Waals surface area contributed by atoms with Crippen LogP contribution in [-0.2, 0) is 0 Å². The Balaban J connectivity index is 1.62. The largest absolute Gasteiger partial charge is 0.423 e. The van der Waals surface area contributed by atoms with E-state index in [-0.39, 0.29) is 0 Å². The number of esters is 1. The summed E-state index contributed by atoms with van der Waals surface area (Å²) in [5.74, 6) is 0.643. The number of hydrogen-bond acceptors (Lipinski definition) is 4. The standard InChI is InChI=1S/C24H24N2O2/c1-4-18(3)19-9-15-23(16-10-19)28-24(27)20-7-13-22(14-8-20)26-25-21-11-5-17(2)6-12-21/h5-16,18H,4H2,1-3H3. The molecular formula is C24H24N2O2. The molecule has 0 saturated carbocycles. The minimum Gasteiger partial charge on any atom is -0.423 e. The van der Waals surface area contributed by atoms with Crippen molar-refractivity contribution in [2.24, 2.45) is 10.2 Å². The van der Waals surface area contributed by atoms with Crippen LogP contribution in [0.25, 0.3) is 0 Å². The Morgan fingerprint density at radius 3 is 1.93 bits per heavy atom. The van der Waals surface area contributed by atoms with Gasteiger partial charge in [0.25, 0.3) is 0 Å². The van der Waals surface area contributed by atoms with Gasteiger partial charge in [0.05, 0.1) is 16.9 Å². The fourth-order valence-corrected chi connectivity index (χ4v) is 2.66. The maximum Gasteiger partial charge on any atom is 0.343 e. The number of nitrogens with zero attached hydrogens (tertiary/aromatic N) is 2. The van der Waals surface area contributed by atoms with E-state index >= 15 is 0 Å². The number of carbonyl (C=O) groups excluding carboxylic acids is 1. The Labute approximate surface area is 165 Å². The number of hydrogen-bond donors (Lipinski definition) is 0. The monoisotopic (exact) mass is 372 g/mol. The Kier molecular flexibility index (Phi) is 6.33. The van der Waals surface area contributed by atoms with Crippen molar-refractivity contribution in [2.45, 2.75) is 33.1 Å². The molecule has 3 rings (SSSR count). The van der Waals surface area contributed by atoms with Crippen molar-refractivity contribution in [1.29, 1.82) is 0 Å². The van der Waals surface area contributed by atoms with Crippen molar-refractivity contribution in [3.63, 3.8) is 0 Å². The lowest BCUT2D eigenvalue weighted by Gasteiger charge is -2.10. The molecule has 142 valence electrons. The van der Waals surface area contributed by atoms with E-state index in [4.69, 9.17) is 4.74 Å². The summed E-state index contributed by atoms with van der Waals surface area (Å²) < 4.78 is 5.46. The van der Waals surface area contributed by atoms with Crippen LogP contribution in [0.3, 0.4) is 0 Å². The van der Waals surface area contributed by atoms with Crippen LogP contribution in [0.5, 0.6) is 5.75 Å². The van der Waals surface area contributed by atoms with Gasteiger partial charge >= 0.3 is 5.97 Å². The van der Waals surface area contributed by atoms with Gasteiger partial charge in [-0.3, -0.25) is 0 Å². The molecule has 1 unspecified atom stereocenters. The molecule has 0 spiro atoms. The summed E-state index contributed by atoms with van der Waals surface area (Å²) >= 11 is 0. The second-order valence-corrected chi connectivity index (χ2v) is 6.85. The van der Waals surface area contributed by atoms with Crippen LogP contribution < -0.4 is 4.74 Å². The molecule has 0 heterocycles. The lowest BCUT2D eigenvalue weighted by atomic mass is 9.99. The second kappa shape index (κ2) is 9.09. The maximum absolute atomic E-state index is 12.3. The zero-order chi connectivity index (χ0) is 19.9. The third-order valence-corrected chi connectivity index (χ3v) is 4.69.